The Morgan fingerprint density at radius 1 is 0.870 bits per heavy atom. The molecule has 4 aliphatic rings. The van der Waals surface area contributed by atoms with Gasteiger partial charge in [0.05, 0.1) is 12.9 Å². The van der Waals surface area contributed by atoms with Crippen LogP contribution in [0.5, 0.6) is 0 Å². The van der Waals surface area contributed by atoms with E-state index >= 15 is 0 Å². The van der Waals surface area contributed by atoms with Gasteiger partial charge in [-0.2, -0.15) is 9.97 Å². The molecule has 46 heavy (non-hydrogen) atoms. The van der Waals surface area contributed by atoms with Crippen LogP contribution in [0.15, 0.2) is 30.6 Å². The van der Waals surface area contributed by atoms with Crippen molar-refractivity contribution in [1.29, 1.82) is 0 Å². The lowest BCUT2D eigenvalue weighted by Gasteiger charge is -2.35. The number of piperazine rings is 1. The molecule has 2 unspecified atom stereocenters. The fraction of sp³-hybridized carbons (Fsp3) is 0.647. The third kappa shape index (κ3) is 7.79. The highest BCUT2D eigenvalue weighted by molar-refractivity contribution is 5.85. The molecule has 1 aromatic carbocycles. The smallest absolute Gasteiger partial charge is 0.231 e. The number of nitrogens with zero attached hydrogens (tertiary/aromatic N) is 6. The van der Waals surface area contributed by atoms with E-state index in [2.05, 4.69) is 49.3 Å². The lowest BCUT2D eigenvalue weighted by atomic mass is 9.95. The highest BCUT2D eigenvalue weighted by atomic mass is 16.7. The first-order valence-electron chi connectivity index (χ1n) is 17.4. The quantitative estimate of drug-likeness (QED) is 0.289. The Balaban J connectivity index is 0.975. The number of carbonyl (C=O) groups is 1. The zero-order valence-corrected chi connectivity index (χ0v) is 26.9. The molecule has 0 radical (unpaired) electrons. The normalized spacial score (nSPS) is 23.4. The van der Waals surface area contributed by atoms with Crippen molar-refractivity contribution < 1.29 is 19.0 Å². The van der Waals surface area contributed by atoms with Gasteiger partial charge in [-0.15, -0.1) is 0 Å². The molecule has 1 saturated carbocycles. The van der Waals surface area contributed by atoms with Gasteiger partial charge in [0.2, 0.25) is 5.95 Å². The van der Waals surface area contributed by atoms with E-state index in [0.29, 0.717) is 18.5 Å². The molecule has 12 heteroatoms. The van der Waals surface area contributed by atoms with Crippen LogP contribution in [0.3, 0.4) is 0 Å². The summed E-state index contributed by atoms with van der Waals surface area (Å²) in [7, 11) is 0. The van der Waals surface area contributed by atoms with E-state index in [1.165, 1.54) is 19.3 Å². The van der Waals surface area contributed by atoms with Gasteiger partial charge >= 0.3 is 0 Å². The lowest BCUT2D eigenvalue weighted by Crippen LogP contribution is -2.48. The van der Waals surface area contributed by atoms with Crippen molar-refractivity contribution in [3.8, 4) is 0 Å². The number of Topliss-reactive ketones (excluding diaryl/α,β-unsaturated/α-hetero) is 1. The molecule has 3 saturated heterocycles. The molecule has 3 aromatic rings. The predicted molar refractivity (Wildman–Crippen MR) is 178 cm³/mol. The van der Waals surface area contributed by atoms with E-state index in [1.807, 2.05) is 6.33 Å². The minimum atomic E-state index is -0.221. The minimum Gasteiger partial charge on any atom is -0.369 e. The van der Waals surface area contributed by atoms with Crippen LogP contribution in [-0.4, -0.2) is 95.1 Å². The summed E-state index contributed by atoms with van der Waals surface area (Å²) >= 11 is 0. The van der Waals surface area contributed by atoms with Crippen LogP contribution in [0, 0.1) is 0 Å². The molecule has 1 aliphatic carbocycles. The number of ether oxygens (including phenoxy) is 3. The van der Waals surface area contributed by atoms with Gasteiger partial charge < -0.3 is 29.7 Å². The van der Waals surface area contributed by atoms with Crippen LogP contribution in [0.2, 0.25) is 0 Å². The largest absolute Gasteiger partial charge is 0.369 e. The third-order valence-electron chi connectivity index (χ3n) is 9.66. The molecule has 7 rings (SSSR count). The topological polar surface area (TPSA) is 119 Å². The molecule has 12 nitrogen and oxygen atoms in total. The second-order valence-electron chi connectivity index (χ2n) is 13.1. The van der Waals surface area contributed by atoms with Crippen LogP contribution in [0.4, 0.5) is 23.1 Å². The van der Waals surface area contributed by atoms with E-state index in [1.54, 1.807) is 0 Å². The van der Waals surface area contributed by atoms with Crippen molar-refractivity contribution >= 4 is 40.1 Å². The van der Waals surface area contributed by atoms with Crippen molar-refractivity contribution in [3.05, 3.63) is 30.6 Å². The second kappa shape index (κ2) is 15.1. The van der Waals surface area contributed by atoms with E-state index in [0.717, 1.165) is 119 Å². The van der Waals surface area contributed by atoms with Gasteiger partial charge in [-0.05, 0) is 75.6 Å². The maximum Gasteiger partial charge on any atom is 0.231 e. The zero-order valence-electron chi connectivity index (χ0n) is 26.9. The van der Waals surface area contributed by atoms with Crippen LogP contribution in [0.1, 0.15) is 76.9 Å². The number of hydrogen-bond acceptors (Lipinski definition) is 11. The van der Waals surface area contributed by atoms with Crippen LogP contribution in [-0.2, 0) is 19.0 Å². The molecule has 248 valence electrons. The molecule has 5 heterocycles. The van der Waals surface area contributed by atoms with Crippen molar-refractivity contribution in [1.82, 2.24) is 24.4 Å². The SMILES string of the molecule is O=C(COC1CCCCO1)CN1CCN(c2ccc(Nc3nc(NC4CCCCC4)c4ncn(C5CCCCO5)c4n3)cc2)CC1. The highest BCUT2D eigenvalue weighted by Gasteiger charge is 2.24. The molecule has 0 spiro atoms. The number of ketones is 1. The maximum absolute atomic E-state index is 12.5. The van der Waals surface area contributed by atoms with Crippen molar-refractivity contribution in [2.45, 2.75) is 89.2 Å². The van der Waals surface area contributed by atoms with Crippen LogP contribution < -0.4 is 15.5 Å². The summed E-state index contributed by atoms with van der Waals surface area (Å²) in [6.07, 6.45) is 13.9. The first-order chi connectivity index (χ1) is 22.7. The monoisotopic (exact) mass is 632 g/mol. The predicted octanol–water partition coefficient (Wildman–Crippen LogP) is 5.25. The summed E-state index contributed by atoms with van der Waals surface area (Å²) in [5.41, 5.74) is 3.69. The van der Waals surface area contributed by atoms with Gasteiger partial charge in [0.15, 0.2) is 29.1 Å². The number of imidazole rings is 1. The Hall–Kier alpha value is -3.32. The van der Waals surface area contributed by atoms with Crippen molar-refractivity contribution in [2.24, 2.45) is 0 Å². The average molecular weight is 633 g/mol. The summed E-state index contributed by atoms with van der Waals surface area (Å²) in [5, 5.41) is 7.16. The highest BCUT2D eigenvalue weighted by Crippen LogP contribution is 2.31. The first-order valence-corrected chi connectivity index (χ1v) is 17.4. The van der Waals surface area contributed by atoms with Crippen molar-refractivity contribution in [2.75, 3.05) is 68.1 Å². The Morgan fingerprint density at radius 2 is 1.63 bits per heavy atom. The summed E-state index contributed by atoms with van der Waals surface area (Å²) in [5.74, 6) is 1.45. The Kier molecular flexibility index (Phi) is 10.2. The maximum atomic E-state index is 12.5. The Morgan fingerprint density at radius 3 is 2.37 bits per heavy atom. The molecular weight excluding hydrogens is 584 g/mol. The van der Waals surface area contributed by atoms with E-state index in [-0.39, 0.29) is 24.9 Å². The van der Waals surface area contributed by atoms with Gasteiger partial charge in [0, 0.05) is 56.8 Å². The molecule has 4 fully saturated rings. The molecule has 2 aromatic heterocycles. The molecule has 3 aliphatic heterocycles. The number of rotatable bonds is 11. The van der Waals surface area contributed by atoms with E-state index in [4.69, 9.17) is 29.2 Å². The molecule has 0 amide bonds. The van der Waals surface area contributed by atoms with Gasteiger partial charge in [-0.1, -0.05) is 19.3 Å². The van der Waals surface area contributed by atoms with Gasteiger partial charge in [-0.3, -0.25) is 14.3 Å². The summed E-state index contributed by atoms with van der Waals surface area (Å²) in [4.78, 5) is 31.7. The second-order valence-corrected chi connectivity index (χ2v) is 13.1. The summed E-state index contributed by atoms with van der Waals surface area (Å²) in [6, 6.07) is 8.85. The number of benzene rings is 1. The lowest BCUT2D eigenvalue weighted by molar-refractivity contribution is -0.169. The Labute approximate surface area is 271 Å². The van der Waals surface area contributed by atoms with Crippen LogP contribution in [0.25, 0.3) is 11.2 Å². The number of fused-ring (bicyclic) bond motifs is 1. The zero-order chi connectivity index (χ0) is 31.1. The van der Waals surface area contributed by atoms with Gasteiger partial charge in [0.25, 0.3) is 0 Å². The number of hydrogen-bond donors (Lipinski definition) is 2. The average Bonchev–Trinajstić information content (AvgIpc) is 3.54. The fourth-order valence-corrected chi connectivity index (χ4v) is 7.04. The first kappa shape index (κ1) is 31.3. The molecule has 0 bridgehead atoms. The minimum absolute atomic E-state index is 0.0496. The number of carbonyl (C=O) groups excluding carboxylic acids is 1. The van der Waals surface area contributed by atoms with E-state index < -0.39 is 0 Å². The third-order valence-corrected chi connectivity index (χ3v) is 9.66. The summed E-state index contributed by atoms with van der Waals surface area (Å²) < 4.78 is 19.4. The van der Waals surface area contributed by atoms with Crippen LogP contribution >= 0.6 is 0 Å². The number of anilines is 4. The Bertz CT molecular complexity index is 1420. The molecular formula is C34H48N8O4. The fourth-order valence-electron chi connectivity index (χ4n) is 7.04. The molecule has 2 atom stereocenters. The number of aromatic nitrogens is 4. The number of nitrogens with one attached hydrogen (secondary N) is 2. The summed E-state index contributed by atoms with van der Waals surface area (Å²) in [6.45, 7) is 5.47. The van der Waals surface area contributed by atoms with Gasteiger partial charge in [0.1, 0.15) is 12.8 Å². The van der Waals surface area contributed by atoms with Crippen molar-refractivity contribution in [3.63, 3.8) is 0 Å². The van der Waals surface area contributed by atoms with E-state index in [9.17, 15) is 4.79 Å². The molecule has 2 N–H and O–H groups in total. The van der Waals surface area contributed by atoms with Gasteiger partial charge in [-0.25, -0.2) is 4.98 Å². The standard InChI is InChI=1S/C34H48N8O4/c43-28(23-46-30-11-5-7-21-45-30)22-40-16-18-41(19-17-40)27-14-12-26(13-15-27)37-34-38-32(36-25-8-2-1-3-9-25)31-33(39-34)42(24-35-31)29-10-4-6-20-44-29/h12-15,24-25,29-30H,1-11,16-23H2,(H2,36,37,38,39).